The fourth-order valence-electron chi connectivity index (χ4n) is 3.10. The molecule has 1 aromatic rings. The van der Waals surface area contributed by atoms with Crippen LogP contribution >= 0.6 is 15.9 Å². The predicted octanol–water partition coefficient (Wildman–Crippen LogP) is 3.65. The minimum absolute atomic E-state index is 0.389. The third kappa shape index (κ3) is 4.21. The Morgan fingerprint density at radius 3 is 2.81 bits per heavy atom. The van der Waals surface area contributed by atoms with Crippen molar-refractivity contribution in [3.8, 4) is 0 Å². The van der Waals surface area contributed by atoms with E-state index < -0.39 is 0 Å². The van der Waals surface area contributed by atoms with Crippen molar-refractivity contribution in [2.75, 3.05) is 38.1 Å². The highest BCUT2D eigenvalue weighted by Gasteiger charge is 2.24. The van der Waals surface area contributed by atoms with Crippen LogP contribution in [0.5, 0.6) is 0 Å². The molecule has 1 aliphatic rings. The Kier molecular flexibility index (Phi) is 6.08. The molecule has 0 spiro atoms. The minimum Gasteiger partial charge on any atom is -0.366 e. The molecule has 0 aliphatic carbocycles. The van der Waals surface area contributed by atoms with Gasteiger partial charge in [0.1, 0.15) is 0 Å². The third-order valence-corrected chi connectivity index (χ3v) is 4.79. The first-order valence-corrected chi connectivity index (χ1v) is 8.80. The molecule has 0 bridgehead atoms. The maximum absolute atomic E-state index is 3.64. The van der Waals surface area contributed by atoms with E-state index in [0.717, 1.165) is 30.7 Å². The number of benzene rings is 1. The van der Waals surface area contributed by atoms with Crippen molar-refractivity contribution < 1.29 is 0 Å². The number of hydrogen-bond acceptors (Lipinski definition) is 3. The summed E-state index contributed by atoms with van der Waals surface area (Å²) in [5, 5.41) is 3.62. The van der Waals surface area contributed by atoms with Crippen LogP contribution in [0.4, 0.5) is 5.69 Å². The Labute approximate surface area is 137 Å². The Hall–Kier alpha value is -0.580. The summed E-state index contributed by atoms with van der Waals surface area (Å²) in [4.78, 5) is 4.97. The average molecular weight is 354 g/mol. The number of anilines is 1. The van der Waals surface area contributed by atoms with Crippen molar-refractivity contribution in [1.82, 2.24) is 10.2 Å². The number of nitrogens with one attached hydrogen (secondary N) is 1. The lowest BCUT2D eigenvalue weighted by molar-refractivity contribution is 0.275. The second-order valence-electron chi connectivity index (χ2n) is 6.18. The fraction of sp³-hybridized carbons (Fsp3) is 0.647. The van der Waals surface area contributed by atoms with Crippen molar-refractivity contribution >= 4 is 21.6 Å². The molecule has 3 nitrogen and oxygen atoms in total. The van der Waals surface area contributed by atoms with E-state index in [9.17, 15) is 0 Å². The Morgan fingerprint density at radius 1 is 1.38 bits per heavy atom. The highest BCUT2D eigenvalue weighted by molar-refractivity contribution is 9.10. The van der Waals surface area contributed by atoms with Gasteiger partial charge in [-0.3, -0.25) is 0 Å². The van der Waals surface area contributed by atoms with Crippen molar-refractivity contribution in [1.29, 1.82) is 0 Å². The summed E-state index contributed by atoms with van der Waals surface area (Å²) in [5.74, 6) is 0. The molecule has 0 aromatic heterocycles. The largest absolute Gasteiger partial charge is 0.366 e. The summed E-state index contributed by atoms with van der Waals surface area (Å²) < 4.78 is 1.16. The van der Waals surface area contributed by atoms with Crippen molar-refractivity contribution in [3.05, 3.63) is 28.2 Å². The quantitative estimate of drug-likeness (QED) is 0.871. The molecule has 118 valence electrons. The van der Waals surface area contributed by atoms with Gasteiger partial charge in [0.15, 0.2) is 0 Å². The molecule has 0 radical (unpaired) electrons. The molecule has 2 unspecified atom stereocenters. The molecule has 1 aliphatic heterocycles. The predicted molar refractivity (Wildman–Crippen MR) is 95.2 cm³/mol. The molecule has 4 heteroatoms. The summed E-state index contributed by atoms with van der Waals surface area (Å²) in [7, 11) is 2.21. The van der Waals surface area contributed by atoms with E-state index in [4.69, 9.17) is 0 Å². The van der Waals surface area contributed by atoms with Gasteiger partial charge in [-0.25, -0.2) is 0 Å². The zero-order valence-electron chi connectivity index (χ0n) is 13.7. The monoisotopic (exact) mass is 353 g/mol. The molecular formula is C17H28BrN3. The zero-order valence-corrected chi connectivity index (χ0v) is 15.3. The molecule has 2 atom stereocenters. The van der Waals surface area contributed by atoms with Crippen LogP contribution in [0.25, 0.3) is 0 Å². The van der Waals surface area contributed by atoms with Gasteiger partial charge in [-0.05, 0) is 51.6 Å². The average Bonchev–Trinajstić information content (AvgIpc) is 2.44. The maximum Gasteiger partial charge on any atom is 0.0429 e. The van der Waals surface area contributed by atoms with E-state index in [1.54, 1.807) is 0 Å². The summed E-state index contributed by atoms with van der Waals surface area (Å²) >= 11 is 3.64. The summed E-state index contributed by atoms with van der Waals surface area (Å²) in [6, 6.07) is 7.64. The first-order valence-electron chi connectivity index (χ1n) is 8.01. The van der Waals surface area contributed by atoms with Crippen LogP contribution in [0.3, 0.4) is 0 Å². The topological polar surface area (TPSA) is 18.5 Å². The molecule has 0 amide bonds. The Morgan fingerprint density at radius 2 is 2.14 bits per heavy atom. The lowest BCUT2D eigenvalue weighted by Crippen LogP contribution is -2.51. The van der Waals surface area contributed by atoms with Gasteiger partial charge in [-0.1, -0.05) is 28.9 Å². The molecule has 21 heavy (non-hydrogen) atoms. The number of rotatable bonds is 5. The number of likely N-dealkylation sites (N-methyl/N-ethyl adjacent to an activating group) is 1. The van der Waals surface area contributed by atoms with E-state index >= 15 is 0 Å². The zero-order chi connectivity index (χ0) is 15.4. The lowest BCUT2D eigenvalue weighted by atomic mass is 10.0. The van der Waals surface area contributed by atoms with Crippen LogP contribution < -0.4 is 10.2 Å². The lowest BCUT2D eigenvalue weighted by Gasteiger charge is -2.41. The molecule has 1 heterocycles. The normalized spacial score (nSPS) is 21.6. The van der Waals surface area contributed by atoms with Gasteiger partial charge in [0.05, 0.1) is 0 Å². The van der Waals surface area contributed by atoms with Crippen LogP contribution in [0.1, 0.15) is 38.8 Å². The molecular weight excluding hydrogens is 326 g/mol. The van der Waals surface area contributed by atoms with Gasteiger partial charge in [-0.15, -0.1) is 0 Å². The third-order valence-electron chi connectivity index (χ3n) is 4.30. The highest BCUT2D eigenvalue weighted by atomic mass is 79.9. The fourth-order valence-corrected chi connectivity index (χ4v) is 3.45. The van der Waals surface area contributed by atoms with Crippen molar-refractivity contribution in [2.24, 2.45) is 0 Å². The molecule has 1 aromatic carbocycles. The van der Waals surface area contributed by atoms with Gasteiger partial charge >= 0.3 is 0 Å². The van der Waals surface area contributed by atoms with Gasteiger partial charge in [0.25, 0.3) is 0 Å². The molecule has 1 saturated heterocycles. The smallest absolute Gasteiger partial charge is 0.0429 e. The van der Waals surface area contributed by atoms with Gasteiger partial charge in [-0.2, -0.15) is 0 Å². The van der Waals surface area contributed by atoms with Gasteiger partial charge in [0, 0.05) is 41.9 Å². The highest BCUT2D eigenvalue weighted by Crippen LogP contribution is 2.32. The van der Waals surface area contributed by atoms with Crippen LogP contribution in [-0.2, 0) is 0 Å². The number of piperazine rings is 1. The van der Waals surface area contributed by atoms with E-state index in [1.807, 2.05) is 0 Å². The SMILES string of the molecule is CCCNC(C)c1ccc(Br)cc1N1CCN(C)CC1C. The number of nitrogens with zero attached hydrogens (tertiary/aromatic N) is 2. The number of halogens is 1. The summed E-state index contributed by atoms with van der Waals surface area (Å²) in [6.45, 7) is 11.2. The van der Waals surface area contributed by atoms with E-state index in [2.05, 4.69) is 77.1 Å². The minimum atomic E-state index is 0.389. The first-order chi connectivity index (χ1) is 10.0. The number of hydrogen-bond donors (Lipinski definition) is 1. The van der Waals surface area contributed by atoms with Gasteiger partial charge in [0.2, 0.25) is 0 Å². The van der Waals surface area contributed by atoms with Crippen LogP contribution in [-0.4, -0.2) is 44.2 Å². The maximum atomic E-state index is 3.64. The molecule has 1 fully saturated rings. The van der Waals surface area contributed by atoms with E-state index in [-0.39, 0.29) is 0 Å². The van der Waals surface area contributed by atoms with Crippen LogP contribution in [0.15, 0.2) is 22.7 Å². The first kappa shape index (κ1) is 16.8. The van der Waals surface area contributed by atoms with Crippen molar-refractivity contribution in [2.45, 2.75) is 39.3 Å². The molecule has 2 rings (SSSR count). The van der Waals surface area contributed by atoms with E-state index in [0.29, 0.717) is 12.1 Å². The molecule has 1 N–H and O–H groups in total. The second-order valence-corrected chi connectivity index (χ2v) is 7.10. The standard InChI is InChI=1S/C17H28BrN3/c1-5-8-19-14(3)16-7-6-15(18)11-17(16)21-10-9-20(4)12-13(21)2/h6-7,11,13-14,19H,5,8-10,12H2,1-4H3. The molecule has 0 saturated carbocycles. The summed E-state index contributed by atoms with van der Waals surface area (Å²) in [6.07, 6.45) is 1.17. The van der Waals surface area contributed by atoms with E-state index in [1.165, 1.54) is 17.7 Å². The second kappa shape index (κ2) is 7.61. The Balaban J connectivity index is 2.26. The van der Waals surface area contributed by atoms with Crippen LogP contribution in [0, 0.1) is 0 Å². The Bertz CT molecular complexity index is 463. The van der Waals surface area contributed by atoms with Crippen LogP contribution in [0.2, 0.25) is 0 Å². The van der Waals surface area contributed by atoms with Crippen molar-refractivity contribution in [3.63, 3.8) is 0 Å². The van der Waals surface area contributed by atoms with Gasteiger partial charge < -0.3 is 15.1 Å². The summed E-state index contributed by atoms with van der Waals surface area (Å²) in [5.41, 5.74) is 2.78.